The van der Waals surface area contributed by atoms with E-state index in [1.807, 2.05) is 13.0 Å². The summed E-state index contributed by atoms with van der Waals surface area (Å²) in [5.74, 6) is 0. The second kappa shape index (κ2) is 5.56. The first kappa shape index (κ1) is 11.8. The zero-order chi connectivity index (χ0) is 10.6. The summed E-state index contributed by atoms with van der Waals surface area (Å²) >= 11 is 11.8. The third-order valence-electron chi connectivity index (χ3n) is 1.86. The molecule has 0 fully saturated rings. The maximum Gasteiger partial charge on any atom is 0.0659 e. The molecule has 1 aromatic rings. The van der Waals surface area contributed by atoms with Crippen LogP contribution in [0, 0.1) is 0 Å². The van der Waals surface area contributed by atoms with Crippen molar-refractivity contribution in [1.82, 2.24) is 0 Å². The minimum Gasteiger partial charge on any atom is -0.380 e. The van der Waals surface area contributed by atoms with Crippen LogP contribution in [0.15, 0.2) is 18.2 Å². The maximum absolute atomic E-state index is 5.98. The summed E-state index contributed by atoms with van der Waals surface area (Å²) in [5.41, 5.74) is 6.74. The molecule has 78 valence electrons. The van der Waals surface area contributed by atoms with E-state index in [1.54, 1.807) is 12.1 Å². The van der Waals surface area contributed by atoms with Gasteiger partial charge in [-0.1, -0.05) is 29.3 Å². The minimum absolute atomic E-state index is 0.195. The Morgan fingerprint density at radius 2 is 2.14 bits per heavy atom. The van der Waals surface area contributed by atoms with E-state index in [9.17, 15) is 0 Å². The Morgan fingerprint density at radius 3 is 2.71 bits per heavy atom. The van der Waals surface area contributed by atoms with Crippen LogP contribution in [0.4, 0.5) is 0 Å². The number of nitrogens with two attached hydrogens (primary N) is 1. The average molecular weight is 234 g/mol. The monoisotopic (exact) mass is 233 g/mol. The smallest absolute Gasteiger partial charge is 0.0659 e. The summed E-state index contributed by atoms with van der Waals surface area (Å²) in [6.45, 7) is 3.05. The van der Waals surface area contributed by atoms with Crippen molar-refractivity contribution in [2.45, 2.75) is 13.0 Å². The molecule has 0 aliphatic rings. The molecule has 0 aliphatic carbocycles. The molecule has 0 saturated heterocycles. The van der Waals surface area contributed by atoms with Gasteiger partial charge in [-0.15, -0.1) is 0 Å². The molecule has 0 aliphatic heterocycles. The Morgan fingerprint density at radius 1 is 1.43 bits per heavy atom. The molecule has 0 heterocycles. The van der Waals surface area contributed by atoms with E-state index < -0.39 is 0 Å². The molecule has 0 bridgehead atoms. The lowest BCUT2D eigenvalue weighted by atomic mass is 10.1. The summed E-state index contributed by atoms with van der Waals surface area (Å²) < 4.78 is 5.22. The van der Waals surface area contributed by atoms with Crippen LogP contribution in [0.1, 0.15) is 18.5 Å². The second-order valence-electron chi connectivity index (χ2n) is 2.93. The fraction of sp³-hybridized carbons (Fsp3) is 0.400. The van der Waals surface area contributed by atoms with Crippen LogP contribution in [-0.2, 0) is 4.74 Å². The van der Waals surface area contributed by atoms with Crippen molar-refractivity contribution in [2.75, 3.05) is 13.2 Å². The number of hydrogen-bond donors (Lipinski definition) is 1. The first-order valence-corrected chi connectivity index (χ1v) is 5.19. The number of rotatable bonds is 4. The van der Waals surface area contributed by atoms with E-state index in [4.69, 9.17) is 33.7 Å². The molecule has 0 radical (unpaired) electrons. The lowest BCUT2D eigenvalue weighted by Gasteiger charge is -2.13. The molecule has 4 heteroatoms. The van der Waals surface area contributed by atoms with Gasteiger partial charge in [0.1, 0.15) is 0 Å². The lowest BCUT2D eigenvalue weighted by Crippen LogP contribution is -2.17. The molecule has 2 nitrogen and oxygen atoms in total. The van der Waals surface area contributed by atoms with Gasteiger partial charge in [0, 0.05) is 16.7 Å². The van der Waals surface area contributed by atoms with Gasteiger partial charge < -0.3 is 10.5 Å². The van der Waals surface area contributed by atoms with Crippen LogP contribution in [0.2, 0.25) is 10.0 Å². The summed E-state index contributed by atoms with van der Waals surface area (Å²) in [5, 5.41) is 1.20. The Kier molecular flexibility index (Phi) is 4.69. The highest BCUT2D eigenvalue weighted by Gasteiger charge is 2.10. The molecule has 1 atom stereocenters. The first-order valence-electron chi connectivity index (χ1n) is 4.43. The van der Waals surface area contributed by atoms with Crippen LogP contribution in [0.5, 0.6) is 0 Å². The van der Waals surface area contributed by atoms with E-state index in [2.05, 4.69) is 0 Å². The van der Waals surface area contributed by atoms with E-state index in [-0.39, 0.29) is 6.04 Å². The van der Waals surface area contributed by atoms with Crippen molar-refractivity contribution in [3.8, 4) is 0 Å². The van der Waals surface area contributed by atoms with Crippen molar-refractivity contribution in [3.05, 3.63) is 33.8 Å². The average Bonchev–Trinajstić information content (AvgIpc) is 2.14. The van der Waals surface area contributed by atoms with Gasteiger partial charge in [0.2, 0.25) is 0 Å². The fourth-order valence-electron chi connectivity index (χ4n) is 1.14. The number of halogens is 2. The Bertz CT molecular complexity index is 304. The Balaban J connectivity index is 2.74. The van der Waals surface area contributed by atoms with Crippen molar-refractivity contribution in [2.24, 2.45) is 5.73 Å². The number of hydrogen-bond acceptors (Lipinski definition) is 2. The third kappa shape index (κ3) is 3.14. The standard InChI is InChI=1S/C10H13Cl2NO/c1-2-14-6-10(13)8-4-3-7(11)5-9(8)12/h3-5,10H,2,6,13H2,1H3. The van der Waals surface area contributed by atoms with Gasteiger partial charge in [-0.25, -0.2) is 0 Å². The van der Waals surface area contributed by atoms with Crippen molar-refractivity contribution in [1.29, 1.82) is 0 Å². The highest BCUT2D eigenvalue weighted by atomic mass is 35.5. The first-order chi connectivity index (χ1) is 6.65. The van der Waals surface area contributed by atoms with Crippen LogP contribution < -0.4 is 5.73 Å². The van der Waals surface area contributed by atoms with Crippen LogP contribution >= 0.6 is 23.2 Å². The van der Waals surface area contributed by atoms with Gasteiger partial charge in [-0.2, -0.15) is 0 Å². The Hall–Kier alpha value is -0.280. The van der Waals surface area contributed by atoms with Gasteiger partial charge in [0.05, 0.1) is 12.6 Å². The minimum atomic E-state index is -0.195. The van der Waals surface area contributed by atoms with Gasteiger partial charge in [-0.05, 0) is 24.6 Å². The molecule has 0 amide bonds. The molecular formula is C10H13Cl2NO. The largest absolute Gasteiger partial charge is 0.380 e. The zero-order valence-corrected chi connectivity index (χ0v) is 9.48. The second-order valence-corrected chi connectivity index (χ2v) is 3.78. The SMILES string of the molecule is CCOCC(N)c1ccc(Cl)cc1Cl. The molecule has 0 aromatic heterocycles. The topological polar surface area (TPSA) is 35.2 Å². The lowest BCUT2D eigenvalue weighted by molar-refractivity contribution is 0.133. The van der Waals surface area contributed by atoms with E-state index in [1.165, 1.54) is 0 Å². The Labute approximate surface area is 94.0 Å². The highest BCUT2D eigenvalue weighted by molar-refractivity contribution is 6.35. The molecule has 0 saturated carbocycles. The fourth-order valence-corrected chi connectivity index (χ4v) is 1.69. The molecule has 1 aromatic carbocycles. The van der Waals surface area contributed by atoms with Crippen molar-refractivity contribution >= 4 is 23.2 Å². The maximum atomic E-state index is 5.98. The third-order valence-corrected chi connectivity index (χ3v) is 2.43. The van der Waals surface area contributed by atoms with Gasteiger partial charge in [0.15, 0.2) is 0 Å². The number of ether oxygens (including phenoxy) is 1. The number of benzene rings is 1. The van der Waals surface area contributed by atoms with Crippen LogP contribution in [0.25, 0.3) is 0 Å². The van der Waals surface area contributed by atoms with E-state index in [0.29, 0.717) is 23.3 Å². The van der Waals surface area contributed by atoms with E-state index in [0.717, 1.165) is 5.56 Å². The normalized spacial score (nSPS) is 12.9. The van der Waals surface area contributed by atoms with Crippen LogP contribution in [0.3, 0.4) is 0 Å². The summed E-state index contributed by atoms with van der Waals surface area (Å²) in [4.78, 5) is 0. The molecular weight excluding hydrogens is 221 g/mol. The van der Waals surface area contributed by atoms with Crippen molar-refractivity contribution in [3.63, 3.8) is 0 Å². The zero-order valence-electron chi connectivity index (χ0n) is 7.97. The highest BCUT2D eigenvalue weighted by Crippen LogP contribution is 2.25. The van der Waals surface area contributed by atoms with Gasteiger partial charge in [-0.3, -0.25) is 0 Å². The van der Waals surface area contributed by atoms with Crippen LogP contribution in [-0.4, -0.2) is 13.2 Å². The quantitative estimate of drug-likeness (QED) is 0.868. The summed E-state index contributed by atoms with van der Waals surface area (Å²) in [6, 6.07) is 5.09. The molecule has 14 heavy (non-hydrogen) atoms. The predicted molar refractivity (Wildman–Crippen MR) is 59.9 cm³/mol. The molecule has 0 spiro atoms. The predicted octanol–water partition coefficient (Wildman–Crippen LogP) is 3.03. The molecule has 2 N–H and O–H groups in total. The van der Waals surface area contributed by atoms with Gasteiger partial charge >= 0.3 is 0 Å². The van der Waals surface area contributed by atoms with Gasteiger partial charge in [0.25, 0.3) is 0 Å². The summed E-state index contributed by atoms with van der Waals surface area (Å²) in [7, 11) is 0. The molecule has 1 rings (SSSR count). The van der Waals surface area contributed by atoms with Crippen molar-refractivity contribution < 1.29 is 4.74 Å². The summed E-state index contributed by atoms with van der Waals surface area (Å²) in [6.07, 6.45) is 0. The van der Waals surface area contributed by atoms with E-state index >= 15 is 0 Å². The molecule has 1 unspecified atom stereocenters.